The molecule has 98 valence electrons. The Labute approximate surface area is 107 Å². The predicted molar refractivity (Wildman–Crippen MR) is 65.8 cm³/mol. The Morgan fingerprint density at radius 2 is 2.11 bits per heavy atom. The Bertz CT molecular complexity index is 404. The summed E-state index contributed by atoms with van der Waals surface area (Å²) in [4.78, 5) is 25.2. The van der Waals surface area contributed by atoms with Crippen molar-refractivity contribution in [1.82, 2.24) is 4.90 Å². The average molecular weight is 249 g/mol. The highest BCUT2D eigenvalue weighted by molar-refractivity contribution is 5.81. The summed E-state index contributed by atoms with van der Waals surface area (Å²) in [5.74, 6) is 0.524. The molecule has 0 aromatic carbocycles. The van der Waals surface area contributed by atoms with Gasteiger partial charge < -0.3 is 10.0 Å². The average Bonchev–Trinajstić information content (AvgIpc) is 3.01. The highest BCUT2D eigenvalue weighted by Crippen LogP contribution is 2.44. The third-order valence-electron chi connectivity index (χ3n) is 4.67. The number of rotatable bonds is 3. The molecule has 2 fully saturated rings. The lowest BCUT2D eigenvalue weighted by Gasteiger charge is -2.29. The van der Waals surface area contributed by atoms with E-state index in [0.29, 0.717) is 11.8 Å². The lowest BCUT2D eigenvalue weighted by molar-refractivity contribution is -0.141. The van der Waals surface area contributed by atoms with Crippen LogP contribution in [0.15, 0.2) is 12.2 Å². The molecule has 4 atom stereocenters. The normalized spacial score (nSPS) is 37.4. The highest BCUT2D eigenvalue weighted by Gasteiger charge is 2.43. The van der Waals surface area contributed by atoms with Gasteiger partial charge in [-0.25, -0.2) is 0 Å². The first-order valence-electron chi connectivity index (χ1n) is 6.85. The van der Waals surface area contributed by atoms with E-state index < -0.39 is 5.97 Å². The fraction of sp³-hybridized carbons (Fsp3) is 0.714. The van der Waals surface area contributed by atoms with Gasteiger partial charge in [-0.1, -0.05) is 12.2 Å². The van der Waals surface area contributed by atoms with Crippen molar-refractivity contribution >= 4 is 11.9 Å². The van der Waals surface area contributed by atoms with Gasteiger partial charge in [0.1, 0.15) is 0 Å². The summed E-state index contributed by atoms with van der Waals surface area (Å²) in [6.45, 7) is 0.744. The van der Waals surface area contributed by atoms with Crippen LogP contribution in [0.25, 0.3) is 0 Å². The molecule has 1 heterocycles. The number of amides is 1. The summed E-state index contributed by atoms with van der Waals surface area (Å²) in [6.07, 6.45) is 8.38. The number of carboxylic acids is 1. The number of carboxylic acid groups (broad SMARTS) is 1. The second kappa shape index (κ2) is 4.41. The van der Waals surface area contributed by atoms with E-state index in [4.69, 9.17) is 5.11 Å². The number of nitrogens with zero attached hydrogens (tertiary/aromatic N) is 1. The lowest BCUT2D eigenvalue weighted by Crippen LogP contribution is -2.41. The van der Waals surface area contributed by atoms with Crippen LogP contribution < -0.4 is 0 Å². The molecule has 3 rings (SSSR count). The summed E-state index contributed by atoms with van der Waals surface area (Å²) < 4.78 is 0. The molecule has 1 saturated heterocycles. The topological polar surface area (TPSA) is 57.6 Å². The van der Waals surface area contributed by atoms with E-state index in [1.807, 2.05) is 4.90 Å². The van der Waals surface area contributed by atoms with Crippen LogP contribution in [0.3, 0.4) is 0 Å². The van der Waals surface area contributed by atoms with Gasteiger partial charge in [0.15, 0.2) is 0 Å². The number of likely N-dealkylation sites (tertiary alicyclic amines) is 1. The molecule has 4 nitrogen and oxygen atoms in total. The van der Waals surface area contributed by atoms with Gasteiger partial charge in [0.05, 0.1) is 6.42 Å². The third kappa shape index (κ3) is 1.93. The van der Waals surface area contributed by atoms with Gasteiger partial charge in [-0.05, 0) is 37.5 Å². The van der Waals surface area contributed by atoms with Crippen molar-refractivity contribution in [2.45, 2.75) is 38.1 Å². The second-order valence-electron chi connectivity index (χ2n) is 5.81. The van der Waals surface area contributed by atoms with E-state index in [9.17, 15) is 9.59 Å². The Balaban J connectivity index is 1.68. The molecule has 18 heavy (non-hydrogen) atoms. The summed E-state index contributed by atoms with van der Waals surface area (Å²) in [7, 11) is 0. The fourth-order valence-corrected chi connectivity index (χ4v) is 3.82. The van der Waals surface area contributed by atoms with Gasteiger partial charge in [-0.15, -0.1) is 0 Å². The zero-order valence-electron chi connectivity index (χ0n) is 10.4. The molecule has 4 heteroatoms. The maximum atomic E-state index is 12.5. The number of fused-ring (bicyclic) bond motifs is 2. The molecule has 0 aromatic rings. The Kier molecular flexibility index (Phi) is 2.88. The molecule has 1 N–H and O–H groups in total. The number of hydrogen-bond donors (Lipinski definition) is 1. The standard InChI is InChI=1S/C14H19NO3/c16-13(17)8-11-2-1-5-15(11)14(18)12-7-9-3-4-10(12)6-9/h3-4,9-12H,1-2,5-8H2,(H,16,17). The molecule has 3 aliphatic rings. The van der Waals surface area contributed by atoms with E-state index in [-0.39, 0.29) is 24.3 Å². The van der Waals surface area contributed by atoms with Crippen LogP contribution in [0, 0.1) is 17.8 Å². The van der Waals surface area contributed by atoms with Crippen LogP contribution in [0.4, 0.5) is 0 Å². The molecular weight excluding hydrogens is 230 g/mol. The van der Waals surface area contributed by atoms with Gasteiger partial charge >= 0.3 is 5.97 Å². The molecule has 4 unspecified atom stereocenters. The zero-order chi connectivity index (χ0) is 12.7. The smallest absolute Gasteiger partial charge is 0.305 e. The highest BCUT2D eigenvalue weighted by atomic mass is 16.4. The van der Waals surface area contributed by atoms with Crippen LogP contribution in [0.1, 0.15) is 32.1 Å². The second-order valence-corrected chi connectivity index (χ2v) is 5.81. The van der Waals surface area contributed by atoms with Gasteiger partial charge in [0.25, 0.3) is 0 Å². The van der Waals surface area contributed by atoms with E-state index in [1.165, 1.54) is 0 Å². The minimum absolute atomic E-state index is 0.0712. The van der Waals surface area contributed by atoms with Crippen LogP contribution in [-0.2, 0) is 9.59 Å². The van der Waals surface area contributed by atoms with Crippen molar-refractivity contribution in [1.29, 1.82) is 0 Å². The molecule has 1 saturated carbocycles. The summed E-state index contributed by atoms with van der Waals surface area (Å²) in [5, 5.41) is 8.89. The van der Waals surface area contributed by atoms with Crippen molar-refractivity contribution in [3.8, 4) is 0 Å². The van der Waals surface area contributed by atoms with Gasteiger partial charge in [-0.3, -0.25) is 9.59 Å². The minimum atomic E-state index is -0.799. The van der Waals surface area contributed by atoms with Gasteiger partial charge in [-0.2, -0.15) is 0 Å². The first kappa shape index (κ1) is 11.8. The number of carbonyl (C=O) groups excluding carboxylic acids is 1. The molecule has 2 aliphatic carbocycles. The van der Waals surface area contributed by atoms with Crippen LogP contribution in [0.5, 0.6) is 0 Å². The quantitative estimate of drug-likeness (QED) is 0.774. The number of allylic oxidation sites excluding steroid dienone is 2. The predicted octanol–water partition coefficient (Wildman–Crippen LogP) is 1.66. The van der Waals surface area contributed by atoms with Gasteiger partial charge in [0, 0.05) is 18.5 Å². The Morgan fingerprint density at radius 1 is 1.28 bits per heavy atom. The molecule has 1 amide bonds. The van der Waals surface area contributed by atoms with Crippen molar-refractivity contribution in [2.75, 3.05) is 6.54 Å². The lowest BCUT2D eigenvalue weighted by atomic mass is 9.92. The van der Waals surface area contributed by atoms with Gasteiger partial charge in [0.2, 0.25) is 5.91 Å². The molecule has 0 aromatic heterocycles. The molecule has 0 spiro atoms. The van der Waals surface area contributed by atoms with Crippen LogP contribution >= 0.6 is 0 Å². The largest absolute Gasteiger partial charge is 0.481 e. The summed E-state index contributed by atoms with van der Waals surface area (Å²) in [6, 6.07) is -0.0712. The van der Waals surface area contributed by atoms with Crippen LogP contribution in [-0.4, -0.2) is 34.5 Å². The van der Waals surface area contributed by atoms with Crippen molar-refractivity contribution < 1.29 is 14.7 Å². The van der Waals surface area contributed by atoms with E-state index in [1.54, 1.807) is 0 Å². The van der Waals surface area contributed by atoms with Crippen molar-refractivity contribution in [3.63, 3.8) is 0 Å². The SMILES string of the molecule is O=C(O)CC1CCCN1C(=O)C1CC2C=CC1C2. The maximum Gasteiger partial charge on any atom is 0.305 e. The number of hydrogen-bond acceptors (Lipinski definition) is 2. The van der Waals surface area contributed by atoms with E-state index >= 15 is 0 Å². The minimum Gasteiger partial charge on any atom is -0.481 e. The third-order valence-corrected chi connectivity index (χ3v) is 4.67. The number of carbonyl (C=O) groups is 2. The molecular formula is C14H19NO3. The van der Waals surface area contributed by atoms with Crippen LogP contribution in [0.2, 0.25) is 0 Å². The summed E-state index contributed by atoms with van der Waals surface area (Å²) >= 11 is 0. The Hall–Kier alpha value is -1.32. The number of aliphatic carboxylic acids is 1. The molecule has 0 radical (unpaired) electrons. The summed E-state index contributed by atoms with van der Waals surface area (Å²) in [5.41, 5.74) is 0. The molecule has 2 bridgehead atoms. The van der Waals surface area contributed by atoms with Crippen molar-refractivity contribution in [2.24, 2.45) is 17.8 Å². The fourth-order valence-electron chi connectivity index (χ4n) is 3.82. The van der Waals surface area contributed by atoms with E-state index in [2.05, 4.69) is 12.2 Å². The first-order chi connectivity index (χ1) is 8.65. The first-order valence-corrected chi connectivity index (χ1v) is 6.85. The van der Waals surface area contributed by atoms with E-state index in [0.717, 1.165) is 32.2 Å². The maximum absolute atomic E-state index is 12.5. The van der Waals surface area contributed by atoms with Crippen molar-refractivity contribution in [3.05, 3.63) is 12.2 Å². The Morgan fingerprint density at radius 3 is 2.72 bits per heavy atom. The monoisotopic (exact) mass is 249 g/mol. The zero-order valence-corrected chi connectivity index (χ0v) is 10.4. The molecule has 1 aliphatic heterocycles.